The minimum atomic E-state index is -0.120. The van der Waals surface area contributed by atoms with Crippen molar-refractivity contribution in [2.24, 2.45) is 5.92 Å². The van der Waals surface area contributed by atoms with Crippen LogP contribution in [0.5, 0.6) is 0 Å². The zero-order valence-corrected chi connectivity index (χ0v) is 17.9. The standard InChI is InChI=1S/C20H30N6O2S/c1-2-5-16-14-17(27)26-20(22-16)29-19(23-26)21-8-9-24-10-12-25(13-11-24)18(28)15-6-3-4-7-15/h14-15H,2-13H2,1H3,(H,21,23). The van der Waals surface area contributed by atoms with Crippen molar-refractivity contribution in [3.05, 3.63) is 22.1 Å². The van der Waals surface area contributed by atoms with E-state index in [1.165, 1.54) is 28.7 Å². The van der Waals surface area contributed by atoms with Gasteiger partial charge in [0.05, 0.1) is 0 Å². The molecule has 0 unspecified atom stereocenters. The zero-order valence-electron chi connectivity index (χ0n) is 17.1. The Morgan fingerprint density at radius 2 is 2.00 bits per heavy atom. The van der Waals surface area contributed by atoms with Gasteiger partial charge in [-0.25, -0.2) is 4.98 Å². The van der Waals surface area contributed by atoms with Gasteiger partial charge in [-0.3, -0.25) is 14.5 Å². The Morgan fingerprint density at radius 1 is 1.24 bits per heavy atom. The zero-order chi connectivity index (χ0) is 20.2. The first-order valence-corrected chi connectivity index (χ1v) is 11.6. The van der Waals surface area contributed by atoms with Crippen LogP contribution in [0.2, 0.25) is 0 Å². The summed E-state index contributed by atoms with van der Waals surface area (Å²) < 4.78 is 1.37. The summed E-state index contributed by atoms with van der Waals surface area (Å²) in [6, 6.07) is 1.58. The van der Waals surface area contributed by atoms with E-state index in [2.05, 4.69) is 32.1 Å². The van der Waals surface area contributed by atoms with Crippen LogP contribution < -0.4 is 10.9 Å². The van der Waals surface area contributed by atoms with E-state index in [-0.39, 0.29) is 11.5 Å². The van der Waals surface area contributed by atoms with Gasteiger partial charge in [0.25, 0.3) is 5.56 Å². The topological polar surface area (TPSA) is 82.8 Å². The number of aromatic nitrogens is 3. The second-order valence-corrected chi connectivity index (χ2v) is 8.97. The lowest BCUT2D eigenvalue weighted by Gasteiger charge is -2.36. The maximum absolute atomic E-state index is 12.5. The minimum absolute atomic E-state index is 0.120. The number of rotatable bonds is 7. The number of aryl methyl sites for hydroxylation is 1. The summed E-state index contributed by atoms with van der Waals surface area (Å²) in [7, 11) is 0. The number of hydrogen-bond donors (Lipinski definition) is 1. The number of anilines is 1. The molecule has 9 heteroatoms. The van der Waals surface area contributed by atoms with Crippen molar-refractivity contribution in [3.8, 4) is 0 Å². The molecule has 2 fully saturated rings. The maximum Gasteiger partial charge on any atom is 0.275 e. The number of fused-ring (bicyclic) bond motifs is 1. The smallest absolute Gasteiger partial charge is 0.275 e. The molecule has 3 heterocycles. The fourth-order valence-electron chi connectivity index (χ4n) is 4.26. The lowest BCUT2D eigenvalue weighted by molar-refractivity contribution is -0.137. The molecule has 1 amide bonds. The van der Waals surface area contributed by atoms with E-state index in [0.29, 0.717) is 10.9 Å². The highest BCUT2D eigenvalue weighted by Crippen LogP contribution is 2.27. The van der Waals surface area contributed by atoms with E-state index in [0.717, 1.165) is 75.8 Å². The van der Waals surface area contributed by atoms with Crippen LogP contribution in [0.4, 0.5) is 5.13 Å². The predicted molar refractivity (Wildman–Crippen MR) is 115 cm³/mol. The Labute approximate surface area is 174 Å². The van der Waals surface area contributed by atoms with E-state index in [9.17, 15) is 9.59 Å². The molecule has 8 nitrogen and oxygen atoms in total. The van der Waals surface area contributed by atoms with Crippen LogP contribution >= 0.6 is 11.3 Å². The van der Waals surface area contributed by atoms with Gasteiger partial charge in [0.15, 0.2) is 0 Å². The summed E-state index contributed by atoms with van der Waals surface area (Å²) in [4.78, 5) is 34.3. The SMILES string of the molecule is CCCc1cc(=O)n2nc(NCCN3CCN(C(=O)C4CCCC4)CC3)sc2n1. The molecular formula is C20H30N6O2S. The molecular weight excluding hydrogens is 388 g/mol. The third-order valence-electron chi connectivity index (χ3n) is 5.90. The quantitative estimate of drug-likeness (QED) is 0.739. The molecule has 4 rings (SSSR count). The van der Waals surface area contributed by atoms with Gasteiger partial charge in [-0.05, 0) is 19.3 Å². The second-order valence-electron chi connectivity index (χ2n) is 8.01. The molecule has 1 N–H and O–H groups in total. The lowest BCUT2D eigenvalue weighted by atomic mass is 10.1. The Balaban J connectivity index is 1.25. The van der Waals surface area contributed by atoms with Crippen molar-refractivity contribution in [2.45, 2.75) is 45.4 Å². The predicted octanol–water partition coefficient (Wildman–Crippen LogP) is 1.85. The highest BCUT2D eigenvalue weighted by atomic mass is 32.1. The van der Waals surface area contributed by atoms with Crippen molar-refractivity contribution >= 4 is 27.3 Å². The Bertz CT molecular complexity index is 896. The van der Waals surface area contributed by atoms with Crippen LogP contribution in [0.1, 0.15) is 44.7 Å². The van der Waals surface area contributed by atoms with E-state index in [4.69, 9.17) is 0 Å². The van der Waals surface area contributed by atoms with Gasteiger partial charge in [-0.15, -0.1) is 5.10 Å². The Morgan fingerprint density at radius 3 is 2.72 bits per heavy atom. The molecule has 1 saturated carbocycles. The van der Waals surface area contributed by atoms with Gasteiger partial charge >= 0.3 is 0 Å². The molecule has 1 aliphatic heterocycles. The van der Waals surface area contributed by atoms with Crippen molar-refractivity contribution in [1.82, 2.24) is 24.4 Å². The van der Waals surface area contributed by atoms with Crippen molar-refractivity contribution in [3.63, 3.8) is 0 Å². The van der Waals surface area contributed by atoms with E-state index >= 15 is 0 Å². The van der Waals surface area contributed by atoms with Crippen molar-refractivity contribution in [1.29, 1.82) is 0 Å². The van der Waals surface area contributed by atoms with Crippen LogP contribution in [0.15, 0.2) is 10.9 Å². The Kier molecular flexibility index (Phi) is 6.44. The molecule has 0 radical (unpaired) electrons. The third kappa shape index (κ3) is 4.78. The summed E-state index contributed by atoms with van der Waals surface area (Å²) in [5.74, 6) is 0.646. The molecule has 2 aliphatic rings. The first-order chi connectivity index (χ1) is 14.1. The summed E-state index contributed by atoms with van der Waals surface area (Å²) in [6.45, 7) is 7.22. The molecule has 1 saturated heterocycles. The normalized spacial score (nSPS) is 18.6. The lowest BCUT2D eigenvalue weighted by Crippen LogP contribution is -2.50. The number of carbonyl (C=O) groups is 1. The van der Waals surface area contributed by atoms with Crippen LogP contribution in [0.25, 0.3) is 4.96 Å². The first kappa shape index (κ1) is 20.3. The number of piperazine rings is 1. The minimum Gasteiger partial charge on any atom is -0.359 e. The van der Waals surface area contributed by atoms with Crippen molar-refractivity contribution < 1.29 is 4.79 Å². The molecule has 1 aliphatic carbocycles. The van der Waals surface area contributed by atoms with Gasteiger partial charge in [0.1, 0.15) is 0 Å². The van der Waals surface area contributed by atoms with Gasteiger partial charge in [-0.2, -0.15) is 4.52 Å². The summed E-state index contributed by atoms with van der Waals surface area (Å²) in [6.07, 6.45) is 6.32. The molecule has 0 spiro atoms. The van der Waals surface area contributed by atoms with E-state index in [1.54, 1.807) is 6.07 Å². The number of nitrogens with one attached hydrogen (secondary N) is 1. The molecule has 0 aromatic carbocycles. The summed E-state index contributed by atoms with van der Waals surface area (Å²) in [5, 5.41) is 8.40. The van der Waals surface area contributed by atoms with Crippen LogP contribution in [0, 0.1) is 5.92 Å². The van der Waals surface area contributed by atoms with E-state index < -0.39 is 0 Å². The Hall–Kier alpha value is -2.00. The molecule has 0 bridgehead atoms. The maximum atomic E-state index is 12.5. The fourth-order valence-corrected chi connectivity index (χ4v) is 5.11. The number of hydrogen-bond acceptors (Lipinski definition) is 7. The number of nitrogens with zero attached hydrogens (tertiary/aromatic N) is 5. The summed E-state index contributed by atoms with van der Waals surface area (Å²) in [5.41, 5.74) is 0.712. The number of amides is 1. The number of carbonyl (C=O) groups excluding carboxylic acids is 1. The molecule has 158 valence electrons. The fraction of sp³-hybridized carbons (Fsp3) is 0.700. The average Bonchev–Trinajstić information content (AvgIpc) is 3.38. The van der Waals surface area contributed by atoms with E-state index in [1.807, 2.05) is 0 Å². The summed E-state index contributed by atoms with van der Waals surface area (Å²) >= 11 is 1.41. The highest BCUT2D eigenvalue weighted by Gasteiger charge is 2.29. The largest absolute Gasteiger partial charge is 0.359 e. The molecule has 2 aromatic rings. The highest BCUT2D eigenvalue weighted by molar-refractivity contribution is 7.20. The molecule has 0 atom stereocenters. The van der Waals surface area contributed by atoms with Gasteiger partial charge < -0.3 is 10.2 Å². The van der Waals surface area contributed by atoms with Gasteiger partial charge in [0.2, 0.25) is 16.0 Å². The third-order valence-corrected chi connectivity index (χ3v) is 6.76. The van der Waals surface area contributed by atoms with Gasteiger partial charge in [0, 0.05) is 56.9 Å². The monoisotopic (exact) mass is 418 g/mol. The van der Waals surface area contributed by atoms with Crippen LogP contribution in [-0.4, -0.2) is 69.6 Å². The van der Waals surface area contributed by atoms with Gasteiger partial charge in [-0.1, -0.05) is 37.5 Å². The van der Waals surface area contributed by atoms with Crippen LogP contribution in [0.3, 0.4) is 0 Å². The van der Waals surface area contributed by atoms with Crippen LogP contribution in [-0.2, 0) is 11.2 Å². The first-order valence-electron chi connectivity index (χ1n) is 10.8. The molecule has 29 heavy (non-hydrogen) atoms. The van der Waals surface area contributed by atoms with Crippen molar-refractivity contribution in [2.75, 3.05) is 44.6 Å². The second kappa shape index (κ2) is 9.21. The molecule has 2 aromatic heterocycles. The average molecular weight is 419 g/mol.